The zero-order chi connectivity index (χ0) is 21.8. The Kier molecular flexibility index (Phi) is 6.17. The van der Waals surface area contributed by atoms with Gasteiger partial charge in [0.1, 0.15) is 12.2 Å². The van der Waals surface area contributed by atoms with Gasteiger partial charge in [0.25, 0.3) is 0 Å². The summed E-state index contributed by atoms with van der Waals surface area (Å²) < 4.78 is 39.4. The monoisotopic (exact) mass is 441 g/mol. The van der Waals surface area contributed by atoms with Gasteiger partial charge in [0.2, 0.25) is 10.0 Å². The number of carbonyl (C=O) groups excluding carboxylic acids is 1. The fraction of sp³-hybridized carbons (Fsp3) is 0.273. The second-order valence-corrected chi connectivity index (χ2v) is 9.07. The van der Waals surface area contributed by atoms with Crippen molar-refractivity contribution in [2.75, 3.05) is 26.3 Å². The summed E-state index contributed by atoms with van der Waals surface area (Å²) in [5, 5.41) is 4.28. The molecule has 1 saturated heterocycles. The summed E-state index contributed by atoms with van der Waals surface area (Å²) >= 11 is 0. The Hall–Kier alpha value is -3.01. The highest BCUT2D eigenvalue weighted by atomic mass is 32.2. The number of ether oxygens (including phenoxy) is 2. The Morgan fingerprint density at radius 3 is 2.58 bits per heavy atom. The number of sulfonamides is 1. The van der Waals surface area contributed by atoms with Crippen LogP contribution in [0.3, 0.4) is 0 Å². The first-order valence-corrected chi connectivity index (χ1v) is 11.3. The molecule has 0 bridgehead atoms. The van der Waals surface area contributed by atoms with Gasteiger partial charge in [0, 0.05) is 13.1 Å². The van der Waals surface area contributed by atoms with E-state index in [4.69, 9.17) is 9.47 Å². The summed E-state index contributed by atoms with van der Waals surface area (Å²) in [5.41, 5.74) is 2.47. The van der Waals surface area contributed by atoms with Crippen LogP contribution in [-0.4, -0.2) is 54.8 Å². The summed E-state index contributed by atoms with van der Waals surface area (Å²) in [5.74, 6) is -0.513. The summed E-state index contributed by atoms with van der Waals surface area (Å²) in [4.78, 5) is 12.8. The second kappa shape index (κ2) is 9.01. The molecule has 2 heterocycles. The highest BCUT2D eigenvalue weighted by molar-refractivity contribution is 7.89. The van der Waals surface area contributed by atoms with E-state index in [9.17, 15) is 13.2 Å². The number of esters is 1. The molecular weight excluding hydrogens is 418 g/mol. The van der Waals surface area contributed by atoms with E-state index in [-0.39, 0.29) is 11.5 Å². The van der Waals surface area contributed by atoms with E-state index in [1.807, 2.05) is 30.3 Å². The number of para-hydroxylation sites is 1. The van der Waals surface area contributed by atoms with Crippen molar-refractivity contribution in [1.82, 2.24) is 14.1 Å². The molecule has 0 N–H and O–H groups in total. The molecule has 1 fully saturated rings. The van der Waals surface area contributed by atoms with Crippen molar-refractivity contribution in [2.45, 2.75) is 18.4 Å². The van der Waals surface area contributed by atoms with E-state index in [2.05, 4.69) is 5.10 Å². The van der Waals surface area contributed by atoms with Crippen LogP contribution in [0.15, 0.2) is 65.7 Å². The Morgan fingerprint density at radius 1 is 1.10 bits per heavy atom. The number of hydrogen-bond acceptors (Lipinski definition) is 6. The lowest BCUT2D eigenvalue weighted by Gasteiger charge is -2.26. The molecule has 162 valence electrons. The molecule has 0 spiro atoms. The third kappa shape index (κ3) is 4.53. The van der Waals surface area contributed by atoms with Crippen molar-refractivity contribution in [2.24, 2.45) is 0 Å². The van der Waals surface area contributed by atoms with Gasteiger partial charge in [-0.05, 0) is 36.8 Å². The molecule has 0 atom stereocenters. The lowest BCUT2D eigenvalue weighted by molar-refractivity contribution is 0.0471. The quantitative estimate of drug-likeness (QED) is 0.546. The van der Waals surface area contributed by atoms with Crippen molar-refractivity contribution in [3.63, 3.8) is 0 Å². The van der Waals surface area contributed by atoms with Crippen molar-refractivity contribution < 1.29 is 22.7 Å². The summed E-state index contributed by atoms with van der Waals surface area (Å²) in [7, 11) is -3.61. The van der Waals surface area contributed by atoms with E-state index in [1.165, 1.54) is 10.5 Å². The predicted octanol–water partition coefficient (Wildman–Crippen LogP) is 2.56. The first-order chi connectivity index (χ1) is 15.0. The number of nitrogens with zero attached hydrogens (tertiary/aromatic N) is 3. The molecule has 31 heavy (non-hydrogen) atoms. The van der Waals surface area contributed by atoms with Gasteiger partial charge < -0.3 is 9.47 Å². The molecule has 1 aliphatic heterocycles. The third-order valence-electron chi connectivity index (χ3n) is 5.11. The van der Waals surface area contributed by atoms with Gasteiger partial charge in [-0.2, -0.15) is 9.40 Å². The minimum atomic E-state index is -3.61. The molecule has 1 aliphatic rings. The molecule has 0 radical (unpaired) electrons. The first kappa shape index (κ1) is 21.2. The average Bonchev–Trinajstić information content (AvgIpc) is 3.20. The lowest BCUT2D eigenvalue weighted by Crippen LogP contribution is -2.40. The maximum atomic E-state index is 12.8. The SMILES string of the molecule is Cc1c(C(=O)OCc2cccc(S(=O)(=O)N3CCOCC3)c2)cnn1-c1ccccc1. The summed E-state index contributed by atoms with van der Waals surface area (Å²) in [6.07, 6.45) is 1.48. The van der Waals surface area contributed by atoms with Gasteiger partial charge in [-0.3, -0.25) is 0 Å². The largest absolute Gasteiger partial charge is 0.457 e. The topological polar surface area (TPSA) is 90.7 Å². The van der Waals surface area contributed by atoms with Gasteiger partial charge in [0.05, 0.1) is 35.7 Å². The second-order valence-electron chi connectivity index (χ2n) is 7.13. The number of morpholine rings is 1. The molecule has 8 nitrogen and oxygen atoms in total. The van der Waals surface area contributed by atoms with Gasteiger partial charge in [-0.25, -0.2) is 17.9 Å². The third-order valence-corrected chi connectivity index (χ3v) is 7.00. The van der Waals surface area contributed by atoms with Gasteiger partial charge in [-0.15, -0.1) is 0 Å². The molecule has 0 saturated carbocycles. The molecule has 1 aromatic heterocycles. The van der Waals surface area contributed by atoms with Crippen LogP contribution in [0.5, 0.6) is 0 Å². The zero-order valence-corrected chi connectivity index (χ0v) is 17.9. The standard InChI is InChI=1S/C22H23N3O5S/c1-17-21(15-23-25(17)19-7-3-2-4-8-19)22(26)30-16-18-6-5-9-20(14-18)31(27,28)24-10-12-29-13-11-24/h2-9,14-15H,10-13,16H2,1H3. The number of hydrogen-bond donors (Lipinski definition) is 0. The maximum Gasteiger partial charge on any atom is 0.341 e. The van der Waals surface area contributed by atoms with Crippen molar-refractivity contribution >= 4 is 16.0 Å². The van der Waals surface area contributed by atoms with Crippen molar-refractivity contribution in [3.05, 3.63) is 77.6 Å². The zero-order valence-electron chi connectivity index (χ0n) is 17.1. The van der Waals surface area contributed by atoms with Crippen LogP contribution < -0.4 is 0 Å². The lowest BCUT2D eigenvalue weighted by atomic mass is 10.2. The molecule has 2 aromatic carbocycles. The molecule has 9 heteroatoms. The highest BCUT2D eigenvalue weighted by Gasteiger charge is 2.26. The normalized spacial score (nSPS) is 15.0. The fourth-order valence-corrected chi connectivity index (χ4v) is 4.88. The maximum absolute atomic E-state index is 12.8. The van der Waals surface area contributed by atoms with E-state index < -0.39 is 16.0 Å². The van der Waals surface area contributed by atoms with Crippen LogP contribution in [-0.2, 0) is 26.1 Å². The Bertz CT molecular complexity index is 1170. The number of carbonyl (C=O) groups is 1. The Morgan fingerprint density at radius 2 is 1.84 bits per heavy atom. The smallest absolute Gasteiger partial charge is 0.341 e. The number of aromatic nitrogens is 2. The van der Waals surface area contributed by atoms with Gasteiger partial charge in [0.15, 0.2) is 0 Å². The molecule has 0 amide bonds. The minimum Gasteiger partial charge on any atom is -0.457 e. The number of benzene rings is 2. The van der Waals surface area contributed by atoms with Crippen LogP contribution in [0.25, 0.3) is 5.69 Å². The van der Waals surface area contributed by atoms with Gasteiger partial charge >= 0.3 is 5.97 Å². The number of rotatable bonds is 6. The van der Waals surface area contributed by atoms with E-state index in [1.54, 1.807) is 35.9 Å². The first-order valence-electron chi connectivity index (χ1n) is 9.91. The van der Waals surface area contributed by atoms with E-state index in [0.29, 0.717) is 43.1 Å². The molecule has 0 aliphatic carbocycles. The van der Waals surface area contributed by atoms with Crippen LogP contribution in [0, 0.1) is 6.92 Å². The van der Waals surface area contributed by atoms with Crippen LogP contribution in [0.4, 0.5) is 0 Å². The fourth-order valence-electron chi connectivity index (χ4n) is 3.40. The molecule has 3 aromatic rings. The van der Waals surface area contributed by atoms with Gasteiger partial charge in [-0.1, -0.05) is 30.3 Å². The van der Waals surface area contributed by atoms with Crippen LogP contribution in [0.1, 0.15) is 21.6 Å². The van der Waals surface area contributed by atoms with Crippen molar-refractivity contribution in [1.29, 1.82) is 0 Å². The Labute approximate surface area is 181 Å². The predicted molar refractivity (Wildman–Crippen MR) is 113 cm³/mol. The average molecular weight is 442 g/mol. The summed E-state index contributed by atoms with van der Waals surface area (Å²) in [6.45, 7) is 3.17. The van der Waals surface area contributed by atoms with Crippen LogP contribution >= 0.6 is 0 Å². The highest BCUT2D eigenvalue weighted by Crippen LogP contribution is 2.20. The Balaban J connectivity index is 1.46. The van der Waals surface area contributed by atoms with Crippen LogP contribution in [0.2, 0.25) is 0 Å². The van der Waals surface area contributed by atoms with E-state index >= 15 is 0 Å². The molecule has 0 unspecified atom stereocenters. The minimum absolute atomic E-state index is 0.0404. The summed E-state index contributed by atoms with van der Waals surface area (Å²) in [6, 6.07) is 16.0. The molecule has 4 rings (SSSR count). The molecular formula is C22H23N3O5S. The van der Waals surface area contributed by atoms with E-state index in [0.717, 1.165) is 5.69 Å². The van der Waals surface area contributed by atoms with Crippen molar-refractivity contribution in [3.8, 4) is 5.69 Å².